The van der Waals surface area contributed by atoms with Gasteiger partial charge in [-0.1, -0.05) is 13.3 Å². The van der Waals surface area contributed by atoms with Gasteiger partial charge >= 0.3 is 6.03 Å². The Morgan fingerprint density at radius 1 is 1.22 bits per heavy atom. The Balaban J connectivity index is 3.58. The minimum atomic E-state index is -0.463. The summed E-state index contributed by atoms with van der Waals surface area (Å²) in [5.74, 6) is -0.338. The van der Waals surface area contributed by atoms with Gasteiger partial charge in [0.05, 0.1) is 12.6 Å². The van der Waals surface area contributed by atoms with Crippen LogP contribution >= 0.6 is 0 Å². The third-order valence-electron chi connectivity index (χ3n) is 2.31. The van der Waals surface area contributed by atoms with E-state index >= 15 is 0 Å². The van der Waals surface area contributed by atoms with Crippen LogP contribution in [0.4, 0.5) is 4.79 Å². The first-order valence-corrected chi connectivity index (χ1v) is 6.51. The molecule has 3 amide bonds. The van der Waals surface area contributed by atoms with Crippen molar-refractivity contribution in [2.45, 2.75) is 39.7 Å². The second kappa shape index (κ2) is 11.0. The molecule has 0 aromatic rings. The Labute approximate surface area is 109 Å². The third-order valence-corrected chi connectivity index (χ3v) is 2.31. The largest absolute Gasteiger partial charge is 0.380 e. The van der Waals surface area contributed by atoms with Crippen molar-refractivity contribution in [3.63, 3.8) is 0 Å². The summed E-state index contributed by atoms with van der Waals surface area (Å²) >= 11 is 0. The minimum absolute atomic E-state index is 0.338. The van der Waals surface area contributed by atoms with E-state index in [9.17, 15) is 9.59 Å². The maximum atomic E-state index is 11.5. The number of ether oxygens (including phenoxy) is 1. The number of hydrogen-bond donors (Lipinski definition) is 3. The normalized spacial score (nSPS) is 11.9. The van der Waals surface area contributed by atoms with Crippen molar-refractivity contribution in [3.05, 3.63) is 0 Å². The quantitative estimate of drug-likeness (QED) is 0.531. The topological polar surface area (TPSA) is 79.5 Å². The number of amides is 3. The van der Waals surface area contributed by atoms with Crippen molar-refractivity contribution in [1.82, 2.24) is 16.0 Å². The molecule has 0 aromatic heterocycles. The SMILES string of the molecule is CCCCOCCNC(C)C(=O)NC(=O)NCC. The van der Waals surface area contributed by atoms with Crippen LogP contribution in [0.1, 0.15) is 33.6 Å². The standard InChI is InChI=1S/C12H25N3O3/c1-4-6-8-18-9-7-14-10(3)11(16)15-12(17)13-5-2/h10,14H,4-9H2,1-3H3,(H2,13,15,16,17). The lowest BCUT2D eigenvalue weighted by atomic mass is 10.3. The predicted molar refractivity (Wildman–Crippen MR) is 70.4 cm³/mol. The second-order valence-corrected chi connectivity index (χ2v) is 3.99. The van der Waals surface area contributed by atoms with E-state index in [4.69, 9.17) is 4.74 Å². The van der Waals surface area contributed by atoms with E-state index in [0.717, 1.165) is 19.4 Å². The van der Waals surface area contributed by atoms with E-state index in [-0.39, 0.29) is 5.91 Å². The maximum absolute atomic E-state index is 11.5. The average Bonchev–Trinajstić information content (AvgIpc) is 2.33. The highest BCUT2D eigenvalue weighted by Crippen LogP contribution is 1.87. The van der Waals surface area contributed by atoms with Crippen LogP contribution in [-0.2, 0) is 9.53 Å². The summed E-state index contributed by atoms with van der Waals surface area (Å²) in [4.78, 5) is 22.6. The van der Waals surface area contributed by atoms with E-state index in [1.54, 1.807) is 13.8 Å². The predicted octanol–water partition coefficient (Wildman–Crippen LogP) is 0.627. The molecule has 18 heavy (non-hydrogen) atoms. The summed E-state index contributed by atoms with van der Waals surface area (Å²) < 4.78 is 5.35. The zero-order chi connectivity index (χ0) is 13.8. The zero-order valence-electron chi connectivity index (χ0n) is 11.5. The Bertz CT molecular complexity index is 247. The van der Waals surface area contributed by atoms with Gasteiger partial charge in [0.2, 0.25) is 5.91 Å². The molecule has 6 heteroatoms. The van der Waals surface area contributed by atoms with Gasteiger partial charge in [0.25, 0.3) is 0 Å². The number of nitrogens with one attached hydrogen (secondary N) is 3. The summed E-state index contributed by atoms with van der Waals surface area (Å²) in [5.41, 5.74) is 0. The molecular formula is C12H25N3O3. The Kier molecular flexibility index (Phi) is 10.3. The van der Waals surface area contributed by atoms with Crippen LogP contribution < -0.4 is 16.0 Å². The molecule has 0 fully saturated rings. The Morgan fingerprint density at radius 2 is 1.94 bits per heavy atom. The number of carbonyl (C=O) groups excluding carboxylic acids is 2. The summed E-state index contributed by atoms with van der Waals surface area (Å²) in [6.45, 7) is 8.01. The lowest BCUT2D eigenvalue weighted by molar-refractivity contribution is -0.121. The van der Waals surface area contributed by atoms with E-state index in [1.165, 1.54) is 0 Å². The van der Waals surface area contributed by atoms with Crippen LogP contribution in [0, 0.1) is 0 Å². The summed E-state index contributed by atoms with van der Waals surface area (Å²) in [7, 11) is 0. The summed E-state index contributed by atoms with van der Waals surface area (Å²) in [6.07, 6.45) is 2.16. The van der Waals surface area contributed by atoms with Crippen molar-refractivity contribution in [2.24, 2.45) is 0 Å². The van der Waals surface area contributed by atoms with Crippen molar-refractivity contribution in [1.29, 1.82) is 0 Å². The first kappa shape index (κ1) is 16.9. The van der Waals surface area contributed by atoms with Crippen LogP contribution in [0.5, 0.6) is 0 Å². The molecule has 6 nitrogen and oxygen atoms in total. The molecule has 0 aromatic carbocycles. The highest BCUT2D eigenvalue weighted by atomic mass is 16.5. The van der Waals surface area contributed by atoms with Gasteiger partial charge in [0, 0.05) is 19.7 Å². The van der Waals surface area contributed by atoms with Gasteiger partial charge in [-0.25, -0.2) is 4.79 Å². The zero-order valence-corrected chi connectivity index (χ0v) is 11.5. The molecule has 0 heterocycles. The third kappa shape index (κ3) is 8.95. The first-order valence-electron chi connectivity index (χ1n) is 6.51. The summed E-state index contributed by atoms with van der Waals surface area (Å²) in [6, 6.07) is -0.877. The molecule has 0 spiro atoms. The summed E-state index contributed by atoms with van der Waals surface area (Å²) in [5, 5.41) is 7.74. The van der Waals surface area contributed by atoms with Crippen LogP contribution in [0.25, 0.3) is 0 Å². The highest BCUT2D eigenvalue weighted by Gasteiger charge is 2.14. The number of imide groups is 1. The fourth-order valence-corrected chi connectivity index (χ4v) is 1.21. The lowest BCUT2D eigenvalue weighted by Crippen LogP contribution is -2.48. The molecule has 0 bridgehead atoms. The first-order chi connectivity index (χ1) is 8.61. The van der Waals surface area contributed by atoms with Gasteiger partial charge in [-0.2, -0.15) is 0 Å². The van der Waals surface area contributed by atoms with Crippen molar-refractivity contribution >= 4 is 11.9 Å². The van der Waals surface area contributed by atoms with E-state index in [1.807, 2.05) is 0 Å². The van der Waals surface area contributed by atoms with Crippen LogP contribution in [0.2, 0.25) is 0 Å². The monoisotopic (exact) mass is 259 g/mol. The van der Waals surface area contributed by atoms with Crippen LogP contribution in [0.15, 0.2) is 0 Å². The molecule has 1 atom stereocenters. The van der Waals surface area contributed by atoms with Crippen molar-refractivity contribution in [3.8, 4) is 0 Å². The molecule has 1 unspecified atom stereocenters. The number of rotatable bonds is 9. The van der Waals surface area contributed by atoms with Gasteiger partial charge in [0.15, 0.2) is 0 Å². The second-order valence-electron chi connectivity index (χ2n) is 3.99. The van der Waals surface area contributed by atoms with Crippen molar-refractivity contribution < 1.29 is 14.3 Å². The number of unbranched alkanes of at least 4 members (excludes halogenated alkanes) is 1. The molecule has 0 radical (unpaired) electrons. The average molecular weight is 259 g/mol. The highest BCUT2D eigenvalue weighted by molar-refractivity contribution is 5.96. The fraction of sp³-hybridized carbons (Fsp3) is 0.833. The minimum Gasteiger partial charge on any atom is -0.380 e. The van der Waals surface area contributed by atoms with E-state index in [0.29, 0.717) is 19.7 Å². The Hall–Kier alpha value is -1.14. The smallest absolute Gasteiger partial charge is 0.321 e. The molecule has 0 aliphatic heterocycles. The van der Waals surface area contributed by atoms with E-state index in [2.05, 4.69) is 22.9 Å². The molecule has 0 aliphatic carbocycles. The van der Waals surface area contributed by atoms with Crippen LogP contribution in [-0.4, -0.2) is 44.3 Å². The fourth-order valence-electron chi connectivity index (χ4n) is 1.21. The van der Waals surface area contributed by atoms with Gasteiger partial charge in [-0.05, 0) is 20.3 Å². The maximum Gasteiger partial charge on any atom is 0.321 e. The van der Waals surface area contributed by atoms with Gasteiger partial charge in [-0.15, -0.1) is 0 Å². The molecule has 106 valence electrons. The van der Waals surface area contributed by atoms with Crippen molar-refractivity contribution in [2.75, 3.05) is 26.3 Å². The van der Waals surface area contributed by atoms with Gasteiger partial charge < -0.3 is 15.4 Å². The molecular weight excluding hydrogens is 234 g/mol. The van der Waals surface area contributed by atoms with Crippen LogP contribution in [0.3, 0.4) is 0 Å². The molecule has 3 N–H and O–H groups in total. The lowest BCUT2D eigenvalue weighted by Gasteiger charge is -2.13. The van der Waals surface area contributed by atoms with Gasteiger partial charge in [-0.3, -0.25) is 10.1 Å². The van der Waals surface area contributed by atoms with E-state index < -0.39 is 12.1 Å². The molecule has 0 rings (SSSR count). The Morgan fingerprint density at radius 3 is 2.56 bits per heavy atom. The molecule has 0 aliphatic rings. The molecule has 0 saturated carbocycles. The molecule has 0 saturated heterocycles. The number of urea groups is 1. The van der Waals surface area contributed by atoms with Gasteiger partial charge in [0.1, 0.15) is 0 Å². The number of hydrogen-bond acceptors (Lipinski definition) is 4. The number of carbonyl (C=O) groups is 2.